The second-order valence-electron chi connectivity index (χ2n) is 9.28. The molecule has 0 unspecified atom stereocenters. The summed E-state index contributed by atoms with van der Waals surface area (Å²) in [5.41, 5.74) is 0.521. The molecule has 1 aromatic rings. The maximum atomic E-state index is 11.8. The van der Waals surface area contributed by atoms with Crippen LogP contribution in [0.4, 0.5) is 0 Å². The number of ether oxygens (including phenoxy) is 1. The molecule has 0 heterocycles. The minimum Gasteiger partial charge on any atom is -0.504 e. The van der Waals surface area contributed by atoms with E-state index in [0.717, 1.165) is 25.3 Å². The van der Waals surface area contributed by atoms with Crippen LogP contribution in [0, 0.1) is 0 Å². The van der Waals surface area contributed by atoms with Crippen molar-refractivity contribution in [1.82, 2.24) is 0 Å². The van der Waals surface area contributed by atoms with Gasteiger partial charge in [-0.1, -0.05) is 116 Å². The summed E-state index contributed by atoms with van der Waals surface area (Å²) in [7, 11) is 0. The van der Waals surface area contributed by atoms with E-state index in [9.17, 15) is 19.8 Å². The molecular formula is C29H46O5. The van der Waals surface area contributed by atoms with Crippen LogP contribution in [0.25, 0.3) is 6.08 Å². The minimum atomic E-state index is -0.732. The van der Waals surface area contributed by atoms with Crippen LogP contribution in [0.15, 0.2) is 24.3 Å². The standard InChI is InChI=1S/C29H46O5/c1-2-3-4-5-6-7-8-9-10-11-12-13-14-15-16-17-18-19-28(32)34-29(33)23-21-25-20-22-26(30)27(31)24-25/h20-24,30-31H,2-19H2,1H3. The second kappa shape index (κ2) is 20.1. The smallest absolute Gasteiger partial charge is 0.338 e. The van der Waals surface area contributed by atoms with Gasteiger partial charge in [0.2, 0.25) is 0 Å². The summed E-state index contributed by atoms with van der Waals surface area (Å²) in [6, 6.07) is 4.18. The summed E-state index contributed by atoms with van der Waals surface area (Å²) in [5.74, 6) is -1.75. The molecule has 1 rings (SSSR count). The van der Waals surface area contributed by atoms with Crippen LogP contribution in [0.3, 0.4) is 0 Å². The summed E-state index contributed by atoms with van der Waals surface area (Å²) in [5, 5.41) is 18.7. The number of phenols is 2. The fraction of sp³-hybridized carbons (Fsp3) is 0.655. The van der Waals surface area contributed by atoms with Gasteiger partial charge in [0.1, 0.15) is 0 Å². The van der Waals surface area contributed by atoms with Gasteiger partial charge in [-0.05, 0) is 30.2 Å². The van der Waals surface area contributed by atoms with E-state index in [-0.39, 0.29) is 17.9 Å². The van der Waals surface area contributed by atoms with E-state index in [2.05, 4.69) is 6.92 Å². The van der Waals surface area contributed by atoms with Crippen molar-refractivity contribution in [2.45, 2.75) is 122 Å². The monoisotopic (exact) mass is 474 g/mol. The Morgan fingerprint density at radius 3 is 1.65 bits per heavy atom. The molecule has 0 fully saturated rings. The van der Waals surface area contributed by atoms with E-state index in [1.807, 2.05) is 0 Å². The number of rotatable bonds is 20. The molecular weight excluding hydrogens is 428 g/mol. The molecule has 2 N–H and O–H groups in total. The average molecular weight is 475 g/mol. The average Bonchev–Trinajstić information content (AvgIpc) is 2.81. The molecule has 0 radical (unpaired) electrons. The maximum Gasteiger partial charge on any atom is 0.338 e. The van der Waals surface area contributed by atoms with Crippen molar-refractivity contribution in [2.75, 3.05) is 0 Å². The van der Waals surface area contributed by atoms with E-state index >= 15 is 0 Å². The first kappa shape index (κ1) is 29.7. The molecule has 0 aliphatic rings. The van der Waals surface area contributed by atoms with Gasteiger partial charge in [-0.2, -0.15) is 0 Å². The Balaban J connectivity index is 1.90. The van der Waals surface area contributed by atoms with E-state index in [0.29, 0.717) is 5.56 Å². The van der Waals surface area contributed by atoms with Gasteiger partial charge >= 0.3 is 11.9 Å². The minimum absolute atomic E-state index is 0.232. The Labute approximate surface area is 206 Å². The molecule has 0 amide bonds. The number of hydrogen-bond acceptors (Lipinski definition) is 5. The number of esters is 2. The van der Waals surface area contributed by atoms with Gasteiger partial charge in [0, 0.05) is 12.5 Å². The first-order chi connectivity index (χ1) is 16.5. The number of carbonyl (C=O) groups is 2. The van der Waals surface area contributed by atoms with Gasteiger partial charge in [0.15, 0.2) is 11.5 Å². The van der Waals surface area contributed by atoms with Gasteiger partial charge in [0.25, 0.3) is 0 Å². The van der Waals surface area contributed by atoms with Crippen molar-refractivity contribution < 1.29 is 24.5 Å². The number of benzene rings is 1. The lowest BCUT2D eigenvalue weighted by Gasteiger charge is -2.04. The van der Waals surface area contributed by atoms with Crippen molar-refractivity contribution in [3.8, 4) is 11.5 Å². The topological polar surface area (TPSA) is 83.8 Å². The van der Waals surface area contributed by atoms with Crippen LogP contribution in [-0.4, -0.2) is 22.2 Å². The van der Waals surface area contributed by atoms with Crippen LogP contribution < -0.4 is 0 Å². The van der Waals surface area contributed by atoms with Gasteiger partial charge in [-0.3, -0.25) is 4.79 Å². The third kappa shape index (κ3) is 16.3. The predicted molar refractivity (Wildman–Crippen MR) is 139 cm³/mol. The fourth-order valence-electron chi connectivity index (χ4n) is 4.00. The van der Waals surface area contributed by atoms with Crippen molar-refractivity contribution in [3.05, 3.63) is 29.8 Å². The van der Waals surface area contributed by atoms with Gasteiger partial charge in [0.05, 0.1) is 0 Å². The molecule has 0 aliphatic carbocycles. The summed E-state index contributed by atoms with van der Waals surface area (Å²) in [4.78, 5) is 23.5. The van der Waals surface area contributed by atoms with Crippen molar-refractivity contribution in [3.63, 3.8) is 0 Å². The molecule has 5 heteroatoms. The number of aromatic hydroxyl groups is 2. The Kier molecular flexibility index (Phi) is 17.6. The Morgan fingerprint density at radius 2 is 1.18 bits per heavy atom. The summed E-state index contributed by atoms with van der Waals surface area (Å²) < 4.78 is 4.78. The SMILES string of the molecule is CCCCCCCCCCCCCCCCCCCC(=O)OC(=O)C=Cc1ccc(O)c(O)c1. The molecule has 1 aromatic carbocycles. The molecule has 0 spiro atoms. The number of unbranched alkanes of at least 4 members (excludes halogenated alkanes) is 16. The first-order valence-electron chi connectivity index (χ1n) is 13.5. The number of phenolic OH excluding ortho intramolecular Hbond substituents is 2. The molecule has 0 aliphatic heterocycles. The maximum absolute atomic E-state index is 11.8. The van der Waals surface area contributed by atoms with E-state index in [1.165, 1.54) is 114 Å². The molecule has 0 bridgehead atoms. The summed E-state index contributed by atoms with van der Waals surface area (Å²) in [6.07, 6.45) is 24.6. The summed E-state index contributed by atoms with van der Waals surface area (Å²) in [6.45, 7) is 2.27. The zero-order valence-electron chi connectivity index (χ0n) is 21.2. The number of carbonyl (C=O) groups excluding carboxylic acids is 2. The van der Waals surface area contributed by atoms with Gasteiger partial charge in [-0.25, -0.2) is 4.79 Å². The normalized spacial score (nSPS) is 11.2. The number of hydrogen-bond donors (Lipinski definition) is 2. The third-order valence-electron chi connectivity index (χ3n) is 6.11. The lowest BCUT2D eigenvalue weighted by atomic mass is 10.0. The molecule has 0 saturated carbocycles. The van der Waals surface area contributed by atoms with E-state index in [1.54, 1.807) is 0 Å². The zero-order chi connectivity index (χ0) is 24.9. The van der Waals surface area contributed by atoms with Crippen molar-refractivity contribution in [2.24, 2.45) is 0 Å². The van der Waals surface area contributed by atoms with Gasteiger partial charge < -0.3 is 14.9 Å². The zero-order valence-corrected chi connectivity index (χ0v) is 21.2. The molecule has 0 aromatic heterocycles. The van der Waals surface area contributed by atoms with Crippen molar-refractivity contribution >= 4 is 18.0 Å². The lowest BCUT2D eigenvalue weighted by molar-refractivity contribution is -0.156. The Hall–Kier alpha value is -2.30. The van der Waals surface area contributed by atoms with Crippen LogP contribution in [0.1, 0.15) is 128 Å². The van der Waals surface area contributed by atoms with E-state index < -0.39 is 11.9 Å². The highest BCUT2D eigenvalue weighted by Gasteiger charge is 2.07. The highest BCUT2D eigenvalue weighted by Crippen LogP contribution is 2.25. The molecule has 34 heavy (non-hydrogen) atoms. The van der Waals surface area contributed by atoms with Crippen molar-refractivity contribution in [1.29, 1.82) is 0 Å². The predicted octanol–water partition coefficient (Wildman–Crippen LogP) is 8.22. The Morgan fingerprint density at radius 1 is 0.706 bits per heavy atom. The summed E-state index contributed by atoms with van der Waals surface area (Å²) >= 11 is 0. The van der Waals surface area contributed by atoms with Crippen LogP contribution in [0.2, 0.25) is 0 Å². The molecule has 5 nitrogen and oxygen atoms in total. The highest BCUT2D eigenvalue weighted by atomic mass is 16.6. The highest BCUT2D eigenvalue weighted by molar-refractivity contribution is 5.94. The first-order valence-corrected chi connectivity index (χ1v) is 13.5. The fourth-order valence-corrected chi connectivity index (χ4v) is 4.00. The quantitative estimate of drug-likeness (QED) is 0.0654. The third-order valence-corrected chi connectivity index (χ3v) is 6.11. The molecule has 0 saturated heterocycles. The van der Waals surface area contributed by atoms with E-state index in [4.69, 9.17) is 4.74 Å². The van der Waals surface area contributed by atoms with Crippen LogP contribution >= 0.6 is 0 Å². The largest absolute Gasteiger partial charge is 0.504 e. The lowest BCUT2D eigenvalue weighted by Crippen LogP contribution is -2.09. The van der Waals surface area contributed by atoms with Crippen LogP contribution in [0.5, 0.6) is 11.5 Å². The Bertz CT molecular complexity index is 710. The molecule has 0 atom stereocenters. The molecule has 192 valence electrons. The van der Waals surface area contributed by atoms with Gasteiger partial charge in [-0.15, -0.1) is 0 Å². The van der Waals surface area contributed by atoms with Crippen LogP contribution in [-0.2, 0) is 14.3 Å². The second-order valence-corrected chi connectivity index (χ2v) is 9.28.